The quantitative estimate of drug-likeness (QED) is 0.681. The number of hydrogen-bond acceptors (Lipinski definition) is 7. The molecule has 0 amide bonds. The van der Waals surface area contributed by atoms with Gasteiger partial charge >= 0.3 is 0 Å². The van der Waals surface area contributed by atoms with Crippen molar-refractivity contribution in [3.8, 4) is 17.2 Å². The second-order valence-electron chi connectivity index (χ2n) is 6.76. The van der Waals surface area contributed by atoms with Gasteiger partial charge in [0.1, 0.15) is 0 Å². The molecular formula is C19H26N2O6. The van der Waals surface area contributed by atoms with Gasteiger partial charge in [-0.1, -0.05) is 0 Å². The molecule has 3 N–H and O–H groups in total. The van der Waals surface area contributed by atoms with Crippen LogP contribution in [0.3, 0.4) is 0 Å². The van der Waals surface area contributed by atoms with E-state index < -0.39 is 6.10 Å². The summed E-state index contributed by atoms with van der Waals surface area (Å²) >= 11 is 0. The van der Waals surface area contributed by atoms with Crippen molar-refractivity contribution in [3.05, 3.63) is 28.0 Å². The number of aromatic nitrogens is 1. The molecule has 2 atom stereocenters. The Morgan fingerprint density at radius 2 is 1.93 bits per heavy atom. The van der Waals surface area contributed by atoms with Gasteiger partial charge in [0.25, 0.3) is 5.56 Å². The molecule has 1 aromatic heterocycles. The van der Waals surface area contributed by atoms with E-state index in [4.69, 9.17) is 14.2 Å². The maximum absolute atomic E-state index is 12.6. The van der Waals surface area contributed by atoms with Gasteiger partial charge in [-0.05, 0) is 19.0 Å². The number of β-amino-alcohol motifs (C(OH)–C–C–N with tert-alkyl or cyclic N) is 1. The molecule has 2 aromatic rings. The Morgan fingerprint density at radius 1 is 1.19 bits per heavy atom. The summed E-state index contributed by atoms with van der Waals surface area (Å²) in [7, 11) is 4.60. The number of piperidine rings is 1. The van der Waals surface area contributed by atoms with Gasteiger partial charge in [0.05, 0.1) is 33.0 Å². The van der Waals surface area contributed by atoms with Gasteiger partial charge in [-0.25, -0.2) is 0 Å². The van der Waals surface area contributed by atoms with Crippen molar-refractivity contribution in [1.82, 2.24) is 9.88 Å². The third-order valence-electron chi connectivity index (χ3n) is 5.16. The lowest BCUT2D eigenvalue weighted by Gasteiger charge is -2.34. The first-order valence-corrected chi connectivity index (χ1v) is 8.88. The number of pyridine rings is 1. The van der Waals surface area contributed by atoms with Gasteiger partial charge in [0.15, 0.2) is 11.5 Å². The first-order valence-electron chi connectivity index (χ1n) is 8.88. The first kappa shape index (κ1) is 19.5. The van der Waals surface area contributed by atoms with Gasteiger partial charge in [0, 0.05) is 42.6 Å². The van der Waals surface area contributed by atoms with Crippen molar-refractivity contribution in [1.29, 1.82) is 0 Å². The van der Waals surface area contributed by atoms with Crippen molar-refractivity contribution in [3.63, 3.8) is 0 Å². The Labute approximate surface area is 157 Å². The van der Waals surface area contributed by atoms with E-state index >= 15 is 0 Å². The van der Waals surface area contributed by atoms with E-state index in [1.807, 2.05) is 4.90 Å². The van der Waals surface area contributed by atoms with Crippen LogP contribution in [0.1, 0.15) is 12.0 Å². The van der Waals surface area contributed by atoms with Gasteiger partial charge in [-0.15, -0.1) is 0 Å². The summed E-state index contributed by atoms with van der Waals surface area (Å²) in [5, 5.41) is 20.1. The Morgan fingerprint density at radius 3 is 2.52 bits per heavy atom. The third kappa shape index (κ3) is 3.73. The average molecular weight is 378 g/mol. The second-order valence-corrected chi connectivity index (χ2v) is 6.76. The van der Waals surface area contributed by atoms with Gasteiger partial charge in [0.2, 0.25) is 5.75 Å². The van der Waals surface area contributed by atoms with Crippen LogP contribution in [-0.2, 0) is 6.54 Å². The zero-order valence-electron chi connectivity index (χ0n) is 15.8. The number of H-pyrrole nitrogens is 1. The van der Waals surface area contributed by atoms with Crippen LogP contribution in [0.25, 0.3) is 10.9 Å². The van der Waals surface area contributed by atoms with E-state index in [9.17, 15) is 15.0 Å². The van der Waals surface area contributed by atoms with Gasteiger partial charge in [-0.3, -0.25) is 9.69 Å². The van der Waals surface area contributed by atoms with E-state index in [1.54, 1.807) is 12.1 Å². The maximum atomic E-state index is 12.6. The highest BCUT2D eigenvalue weighted by molar-refractivity contribution is 5.90. The monoisotopic (exact) mass is 378 g/mol. The van der Waals surface area contributed by atoms with E-state index in [2.05, 4.69) is 4.98 Å². The van der Waals surface area contributed by atoms with Crippen LogP contribution in [0.5, 0.6) is 17.2 Å². The zero-order valence-corrected chi connectivity index (χ0v) is 15.8. The molecule has 0 spiro atoms. The standard InChI is InChI=1S/C19H26N2O6/c1-25-16-7-14-13(17(26-2)18(16)27-3)6-12(19(24)20-14)8-21-5-4-11(10-22)15(23)9-21/h6-7,11,15,22-23H,4-5,8-10H2,1-3H3,(H,20,24)/t11-,15-/m1/s1. The number of methoxy groups -OCH3 is 3. The molecular weight excluding hydrogens is 352 g/mol. The Kier molecular flexibility index (Phi) is 5.88. The van der Waals surface area contributed by atoms with E-state index in [1.165, 1.54) is 21.3 Å². The molecule has 1 aromatic carbocycles. The smallest absolute Gasteiger partial charge is 0.252 e. The number of fused-ring (bicyclic) bond motifs is 1. The summed E-state index contributed by atoms with van der Waals surface area (Å²) in [5.41, 5.74) is 0.968. The fourth-order valence-electron chi connectivity index (χ4n) is 3.63. The van der Waals surface area contributed by atoms with Crippen molar-refractivity contribution in [2.24, 2.45) is 5.92 Å². The minimum absolute atomic E-state index is 0.0234. The molecule has 148 valence electrons. The number of aromatic amines is 1. The van der Waals surface area contributed by atoms with Crippen molar-refractivity contribution < 1.29 is 24.4 Å². The molecule has 0 radical (unpaired) electrons. The fourth-order valence-corrected chi connectivity index (χ4v) is 3.63. The Hall–Kier alpha value is -2.29. The Balaban J connectivity index is 1.97. The predicted octanol–water partition coefficient (Wildman–Crippen LogP) is 0.729. The number of likely N-dealkylation sites (tertiary alicyclic amines) is 1. The van der Waals surface area contributed by atoms with Crippen molar-refractivity contribution in [2.75, 3.05) is 41.0 Å². The predicted molar refractivity (Wildman–Crippen MR) is 101 cm³/mol. The molecule has 1 saturated heterocycles. The third-order valence-corrected chi connectivity index (χ3v) is 5.16. The molecule has 0 aliphatic carbocycles. The summed E-state index contributed by atoms with van der Waals surface area (Å²) < 4.78 is 16.3. The number of nitrogens with one attached hydrogen (secondary N) is 1. The molecule has 8 heteroatoms. The number of benzene rings is 1. The molecule has 3 rings (SSSR count). The van der Waals surface area contributed by atoms with E-state index in [0.29, 0.717) is 54.4 Å². The zero-order chi connectivity index (χ0) is 19.6. The average Bonchev–Trinajstić information content (AvgIpc) is 2.67. The van der Waals surface area contributed by atoms with Crippen LogP contribution in [0.4, 0.5) is 0 Å². The molecule has 2 heterocycles. The minimum atomic E-state index is -0.595. The lowest BCUT2D eigenvalue weighted by Crippen LogP contribution is -2.45. The number of aliphatic hydroxyl groups is 2. The summed E-state index contributed by atoms with van der Waals surface area (Å²) in [6, 6.07) is 3.50. The van der Waals surface area contributed by atoms with E-state index in [-0.39, 0.29) is 18.1 Å². The Bertz CT molecular complexity index is 865. The largest absolute Gasteiger partial charge is 0.493 e. The first-order chi connectivity index (χ1) is 13.0. The van der Waals surface area contributed by atoms with E-state index in [0.717, 1.165) is 5.39 Å². The highest BCUT2D eigenvalue weighted by Crippen LogP contribution is 2.42. The minimum Gasteiger partial charge on any atom is -0.493 e. The summed E-state index contributed by atoms with van der Waals surface area (Å²) in [6.07, 6.45) is 0.0968. The van der Waals surface area contributed by atoms with Crippen LogP contribution in [-0.4, -0.2) is 67.2 Å². The molecule has 1 fully saturated rings. The fraction of sp³-hybridized carbons (Fsp3) is 0.526. The number of ether oxygens (including phenoxy) is 3. The SMILES string of the molecule is COc1cc2[nH]c(=O)c(CN3CC[C@H](CO)[C@H](O)C3)cc2c(OC)c1OC. The maximum Gasteiger partial charge on any atom is 0.252 e. The molecule has 1 aliphatic rings. The summed E-state index contributed by atoms with van der Waals surface area (Å²) in [4.78, 5) is 17.5. The van der Waals surface area contributed by atoms with Crippen LogP contribution >= 0.6 is 0 Å². The second kappa shape index (κ2) is 8.16. The lowest BCUT2D eigenvalue weighted by molar-refractivity contribution is -0.00454. The molecule has 0 saturated carbocycles. The molecule has 1 aliphatic heterocycles. The highest BCUT2D eigenvalue weighted by atomic mass is 16.5. The number of aliphatic hydroxyl groups excluding tert-OH is 2. The number of hydrogen-bond donors (Lipinski definition) is 3. The van der Waals surface area contributed by atoms with Crippen molar-refractivity contribution >= 4 is 10.9 Å². The molecule has 8 nitrogen and oxygen atoms in total. The van der Waals surface area contributed by atoms with Crippen LogP contribution in [0.15, 0.2) is 16.9 Å². The van der Waals surface area contributed by atoms with Crippen LogP contribution in [0, 0.1) is 5.92 Å². The summed E-state index contributed by atoms with van der Waals surface area (Å²) in [5.74, 6) is 1.32. The van der Waals surface area contributed by atoms with Crippen LogP contribution < -0.4 is 19.8 Å². The normalized spacial score (nSPS) is 20.6. The molecule has 0 unspecified atom stereocenters. The highest BCUT2D eigenvalue weighted by Gasteiger charge is 2.27. The molecule has 27 heavy (non-hydrogen) atoms. The topological polar surface area (TPSA) is 104 Å². The van der Waals surface area contributed by atoms with Crippen LogP contribution in [0.2, 0.25) is 0 Å². The lowest BCUT2D eigenvalue weighted by atomic mass is 9.94. The van der Waals surface area contributed by atoms with Crippen molar-refractivity contribution in [2.45, 2.75) is 19.1 Å². The molecule has 0 bridgehead atoms. The number of rotatable bonds is 6. The number of nitrogens with zero attached hydrogens (tertiary/aromatic N) is 1. The van der Waals surface area contributed by atoms with Gasteiger partial charge < -0.3 is 29.4 Å². The summed E-state index contributed by atoms with van der Waals surface area (Å²) in [6.45, 7) is 1.51. The van der Waals surface area contributed by atoms with Gasteiger partial charge in [-0.2, -0.15) is 0 Å².